The van der Waals surface area contributed by atoms with Crippen molar-refractivity contribution in [2.24, 2.45) is 0 Å². The molecule has 2 rings (SSSR count). The van der Waals surface area contributed by atoms with Crippen molar-refractivity contribution in [1.82, 2.24) is 9.62 Å². The number of rotatable bonds is 6. The first-order chi connectivity index (χ1) is 10.8. The first-order valence-electron chi connectivity index (χ1n) is 7.38. The van der Waals surface area contributed by atoms with Crippen molar-refractivity contribution in [2.75, 3.05) is 19.9 Å². The Bertz CT molecular complexity index is 700. The normalized spacial score (nSPS) is 19.5. The number of amides is 1. The molecule has 0 unspecified atom stereocenters. The molecule has 23 heavy (non-hydrogen) atoms. The molecule has 1 N–H and O–H groups in total. The highest BCUT2D eigenvalue weighted by Crippen LogP contribution is 2.19. The average molecular weight is 338 g/mol. The third kappa shape index (κ3) is 4.33. The molecular weight excluding hydrogens is 316 g/mol. The number of para-hydroxylation sites is 1. The van der Waals surface area contributed by atoms with Gasteiger partial charge in [0, 0.05) is 12.6 Å². The van der Waals surface area contributed by atoms with Gasteiger partial charge < -0.3 is 10.1 Å². The van der Waals surface area contributed by atoms with E-state index in [9.17, 15) is 13.2 Å². The number of carbonyl (C=O) groups is 1. The van der Waals surface area contributed by atoms with Gasteiger partial charge in [-0.05, 0) is 25.0 Å². The predicted molar refractivity (Wildman–Crippen MR) is 88.8 cm³/mol. The van der Waals surface area contributed by atoms with Gasteiger partial charge in [-0.3, -0.25) is 4.79 Å². The van der Waals surface area contributed by atoms with E-state index >= 15 is 0 Å². The fourth-order valence-electron chi connectivity index (χ4n) is 2.64. The lowest BCUT2D eigenvalue weighted by atomic mass is 10.1. The van der Waals surface area contributed by atoms with Gasteiger partial charge in [0.05, 0.1) is 13.4 Å². The zero-order valence-corrected chi connectivity index (χ0v) is 14.3. The molecule has 126 valence electrons. The lowest BCUT2D eigenvalue weighted by Crippen LogP contribution is -2.48. The van der Waals surface area contributed by atoms with Crippen molar-refractivity contribution in [3.05, 3.63) is 42.0 Å². The van der Waals surface area contributed by atoms with E-state index in [1.54, 1.807) is 19.3 Å². The van der Waals surface area contributed by atoms with Crippen LogP contribution in [-0.4, -0.2) is 50.6 Å². The summed E-state index contributed by atoms with van der Waals surface area (Å²) in [5, 5.41) is 2.87. The van der Waals surface area contributed by atoms with Gasteiger partial charge in [-0.2, -0.15) is 4.31 Å². The summed E-state index contributed by atoms with van der Waals surface area (Å²) < 4.78 is 29.9. The van der Waals surface area contributed by atoms with Gasteiger partial charge in [0.1, 0.15) is 11.8 Å². The minimum Gasteiger partial charge on any atom is -0.496 e. The number of nitrogens with one attached hydrogen (secondary N) is 1. The molecule has 1 aromatic carbocycles. The van der Waals surface area contributed by atoms with Crippen molar-refractivity contribution < 1.29 is 17.9 Å². The van der Waals surface area contributed by atoms with Crippen LogP contribution < -0.4 is 10.1 Å². The van der Waals surface area contributed by atoms with Crippen LogP contribution in [0.5, 0.6) is 5.75 Å². The average Bonchev–Trinajstić information content (AvgIpc) is 2.97. The van der Waals surface area contributed by atoms with Crippen LogP contribution in [-0.2, 0) is 21.2 Å². The summed E-state index contributed by atoms with van der Waals surface area (Å²) in [5.74, 6) is 0.457. The van der Waals surface area contributed by atoms with Crippen LogP contribution in [0.25, 0.3) is 0 Å². The molecule has 1 amide bonds. The highest BCUT2D eigenvalue weighted by atomic mass is 32.2. The Balaban J connectivity index is 2.01. The van der Waals surface area contributed by atoms with Gasteiger partial charge in [-0.25, -0.2) is 8.42 Å². The molecule has 1 aliphatic rings. The van der Waals surface area contributed by atoms with Crippen molar-refractivity contribution in [2.45, 2.75) is 25.4 Å². The maximum Gasteiger partial charge on any atom is 0.242 e. The Morgan fingerprint density at radius 3 is 2.78 bits per heavy atom. The van der Waals surface area contributed by atoms with Gasteiger partial charge >= 0.3 is 0 Å². The second-order valence-corrected chi connectivity index (χ2v) is 7.57. The van der Waals surface area contributed by atoms with Crippen LogP contribution in [0.2, 0.25) is 0 Å². The summed E-state index contributed by atoms with van der Waals surface area (Å²) in [6.07, 6.45) is 5.02. The standard InChI is InChI=1S/C16H22N2O4S/c1-12(11-13-7-4-5-9-15(13)22-2)17-16(19)14-8-6-10-18(14)23(3,20)21/h4-9,12,14H,10-11H2,1-3H3,(H,17,19)/t12-,14-/m0/s1. The van der Waals surface area contributed by atoms with Gasteiger partial charge in [0.15, 0.2) is 0 Å². The van der Waals surface area contributed by atoms with E-state index in [-0.39, 0.29) is 18.5 Å². The molecule has 0 saturated carbocycles. The molecule has 1 heterocycles. The maximum atomic E-state index is 12.4. The minimum absolute atomic E-state index is 0.144. The highest BCUT2D eigenvalue weighted by molar-refractivity contribution is 7.88. The lowest BCUT2D eigenvalue weighted by Gasteiger charge is -2.23. The second kappa shape index (κ2) is 7.14. The zero-order chi connectivity index (χ0) is 17.0. The Kier molecular flexibility index (Phi) is 5.43. The largest absolute Gasteiger partial charge is 0.496 e. The Morgan fingerprint density at radius 1 is 1.43 bits per heavy atom. The smallest absolute Gasteiger partial charge is 0.242 e. The monoisotopic (exact) mass is 338 g/mol. The summed E-state index contributed by atoms with van der Waals surface area (Å²) in [7, 11) is -1.81. The number of hydrogen-bond acceptors (Lipinski definition) is 4. The summed E-state index contributed by atoms with van der Waals surface area (Å²) in [6, 6.07) is 6.70. The van der Waals surface area contributed by atoms with E-state index in [1.165, 1.54) is 4.31 Å². The Hall–Kier alpha value is -1.86. The molecule has 2 atom stereocenters. The van der Waals surface area contributed by atoms with Gasteiger partial charge in [-0.1, -0.05) is 30.4 Å². The number of sulfonamides is 1. The summed E-state index contributed by atoms with van der Waals surface area (Å²) >= 11 is 0. The van der Waals surface area contributed by atoms with E-state index < -0.39 is 16.1 Å². The van der Waals surface area contributed by atoms with E-state index in [0.29, 0.717) is 6.42 Å². The summed E-state index contributed by atoms with van der Waals surface area (Å²) in [6.45, 7) is 2.12. The van der Waals surface area contributed by atoms with Crippen LogP contribution >= 0.6 is 0 Å². The van der Waals surface area contributed by atoms with Crippen LogP contribution in [0, 0.1) is 0 Å². The first-order valence-corrected chi connectivity index (χ1v) is 9.23. The molecule has 1 aromatic rings. The fourth-order valence-corrected chi connectivity index (χ4v) is 3.58. The maximum absolute atomic E-state index is 12.4. The Labute approximate surface area is 137 Å². The van der Waals surface area contributed by atoms with Crippen LogP contribution in [0.1, 0.15) is 12.5 Å². The summed E-state index contributed by atoms with van der Waals surface area (Å²) in [5.41, 5.74) is 0.990. The lowest BCUT2D eigenvalue weighted by molar-refractivity contribution is -0.123. The van der Waals surface area contributed by atoms with Gasteiger partial charge in [0.25, 0.3) is 0 Å². The fraction of sp³-hybridized carbons (Fsp3) is 0.438. The number of carbonyl (C=O) groups excluding carboxylic acids is 1. The molecule has 7 heteroatoms. The zero-order valence-electron chi connectivity index (χ0n) is 13.5. The number of ether oxygens (including phenoxy) is 1. The molecule has 0 aromatic heterocycles. The van der Waals surface area contributed by atoms with Crippen molar-refractivity contribution in [1.29, 1.82) is 0 Å². The molecule has 0 aliphatic carbocycles. The number of methoxy groups -OCH3 is 1. The molecule has 0 saturated heterocycles. The third-order valence-electron chi connectivity index (χ3n) is 3.72. The Morgan fingerprint density at radius 2 is 2.13 bits per heavy atom. The van der Waals surface area contributed by atoms with Gasteiger partial charge in [-0.15, -0.1) is 0 Å². The number of hydrogen-bond donors (Lipinski definition) is 1. The number of nitrogens with zero attached hydrogens (tertiary/aromatic N) is 1. The van der Waals surface area contributed by atoms with E-state index in [0.717, 1.165) is 17.6 Å². The van der Waals surface area contributed by atoms with E-state index in [2.05, 4.69) is 5.32 Å². The highest BCUT2D eigenvalue weighted by Gasteiger charge is 2.33. The molecule has 6 nitrogen and oxygen atoms in total. The minimum atomic E-state index is -3.41. The van der Waals surface area contributed by atoms with Crippen molar-refractivity contribution in [3.63, 3.8) is 0 Å². The van der Waals surface area contributed by atoms with Crippen LogP contribution in [0.3, 0.4) is 0 Å². The van der Waals surface area contributed by atoms with Crippen LogP contribution in [0.4, 0.5) is 0 Å². The predicted octanol–water partition coefficient (Wildman–Crippen LogP) is 0.942. The second-order valence-electron chi connectivity index (χ2n) is 5.63. The SMILES string of the molecule is COc1ccccc1C[C@H](C)NC(=O)[C@@H]1C=CCN1S(C)(=O)=O. The topological polar surface area (TPSA) is 75.7 Å². The molecule has 0 fully saturated rings. The van der Waals surface area contributed by atoms with E-state index in [1.807, 2.05) is 31.2 Å². The third-order valence-corrected chi connectivity index (χ3v) is 4.94. The van der Waals surface area contributed by atoms with E-state index in [4.69, 9.17) is 4.74 Å². The van der Waals surface area contributed by atoms with Gasteiger partial charge in [0.2, 0.25) is 15.9 Å². The quantitative estimate of drug-likeness (QED) is 0.784. The first kappa shape index (κ1) is 17.5. The number of benzene rings is 1. The van der Waals surface area contributed by atoms with Crippen LogP contribution in [0.15, 0.2) is 36.4 Å². The van der Waals surface area contributed by atoms with Crippen molar-refractivity contribution in [3.8, 4) is 5.75 Å². The van der Waals surface area contributed by atoms with Crippen molar-refractivity contribution >= 4 is 15.9 Å². The molecular formula is C16H22N2O4S. The molecule has 0 spiro atoms. The molecule has 0 bridgehead atoms. The molecule has 1 aliphatic heterocycles. The molecule has 0 radical (unpaired) electrons. The summed E-state index contributed by atoms with van der Waals surface area (Å²) in [4.78, 5) is 12.4.